The van der Waals surface area contributed by atoms with Gasteiger partial charge < -0.3 is 21.5 Å². The summed E-state index contributed by atoms with van der Waals surface area (Å²) in [5, 5.41) is 15.4. The Hall–Kier alpha value is -1.56. The van der Waals surface area contributed by atoms with Crippen molar-refractivity contribution in [1.82, 2.24) is 9.97 Å². The largest absolute Gasteiger partial charge is 0.396 e. The van der Waals surface area contributed by atoms with Gasteiger partial charge in [0.05, 0.1) is 0 Å². The summed E-state index contributed by atoms with van der Waals surface area (Å²) in [4.78, 5) is 8.26. The number of aliphatic hydroxyl groups excluding tert-OH is 1. The molecule has 0 fully saturated rings. The van der Waals surface area contributed by atoms with Gasteiger partial charge in [0.15, 0.2) is 0 Å². The molecule has 0 aliphatic carbocycles. The van der Waals surface area contributed by atoms with Gasteiger partial charge in [-0.25, -0.2) is 0 Å². The highest BCUT2D eigenvalue weighted by atomic mass is 16.3. The molecule has 0 aliphatic rings. The summed E-state index contributed by atoms with van der Waals surface area (Å²) < 4.78 is 0. The summed E-state index contributed by atoms with van der Waals surface area (Å²) >= 11 is 0. The summed E-state index contributed by atoms with van der Waals surface area (Å²) in [6.45, 7) is 5.16. The highest BCUT2D eigenvalue weighted by Crippen LogP contribution is 2.15. The summed E-state index contributed by atoms with van der Waals surface area (Å²) in [5.41, 5.74) is 5.67. The fourth-order valence-electron chi connectivity index (χ4n) is 1.63. The number of hydrogen-bond acceptors (Lipinski definition) is 6. The van der Waals surface area contributed by atoms with E-state index in [2.05, 4.69) is 34.4 Å². The fourth-order valence-corrected chi connectivity index (χ4v) is 1.63. The van der Waals surface area contributed by atoms with Crippen LogP contribution in [0.1, 0.15) is 33.1 Å². The minimum Gasteiger partial charge on any atom is -0.396 e. The van der Waals surface area contributed by atoms with Crippen molar-refractivity contribution >= 4 is 17.6 Å². The van der Waals surface area contributed by atoms with Crippen molar-refractivity contribution in [3.63, 3.8) is 0 Å². The summed E-state index contributed by atoms with van der Waals surface area (Å²) in [6.07, 6.45) is 2.63. The van der Waals surface area contributed by atoms with E-state index in [0.717, 1.165) is 25.2 Å². The van der Waals surface area contributed by atoms with Crippen molar-refractivity contribution in [3.8, 4) is 0 Å². The maximum Gasteiger partial charge on any atom is 0.223 e. The first-order valence-corrected chi connectivity index (χ1v) is 6.45. The maximum atomic E-state index is 8.96. The molecule has 1 unspecified atom stereocenters. The minimum atomic E-state index is 0.160. The third-order valence-electron chi connectivity index (χ3n) is 2.62. The van der Waals surface area contributed by atoms with Crippen molar-refractivity contribution in [3.05, 3.63) is 6.07 Å². The van der Waals surface area contributed by atoms with Gasteiger partial charge in [-0.05, 0) is 19.3 Å². The Labute approximate surface area is 108 Å². The molecule has 102 valence electrons. The molecule has 0 saturated carbocycles. The lowest BCUT2D eigenvalue weighted by molar-refractivity contribution is 0.278. The number of rotatable bonds is 8. The second-order valence-corrected chi connectivity index (χ2v) is 4.19. The zero-order valence-corrected chi connectivity index (χ0v) is 11.1. The number of nitrogens with one attached hydrogen (secondary N) is 2. The van der Waals surface area contributed by atoms with Crippen molar-refractivity contribution < 1.29 is 5.11 Å². The molecule has 0 aliphatic heterocycles. The van der Waals surface area contributed by atoms with Crippen LogP contribution in [0.15, 0.2) is 6.07 Å². The molecular weight excluding hydrogens is 230 g/mol. The Morgan fingerprint density at radius 1 is 1.33 bits per heavy atom. The van der Waals surface area contributed by atoms with Gasteiger partial charge in [-0.3, -0.25) is 0 Å². The lowest BCUT2D eigenvalue weighted by atomic mass is 10.1. The van der Waals surface area contributed by atoms with E-state index in [0.29, 0.717) is 12.2 Å². The van der Waals surface area contributed by atoms with Gasteiger partial charge in [0.25, 0.3) is 0 Å². The fraction of sp³-hybridized carbons (Fsp3) is 0.667. The van der Waals surface area contributed by atoms with Gasteiger partial charge >= 0.3 is 0 Å². The molecule has 1 aromatic rings. The molecule has 0 bridgehead atoms. The minimum absolute atomic E-state index is 0.160. The van der Waals surface area contributed by atoms with E-state index in [1.54, 1.807) is 0 Å². The highest BCUT2D eigenvalue weighted by molar-refractivity contribution is 5.51. The van der Waals surface area contributed by atoms with Crippen molar-refractivity contribution in [2.75, 3.05) is 29.5 Å². The first-order valence-electron chi connectivity index (χ1n) is 6.45. The van der Waals surface area contributed by atoms with E-state index in [1.807, 2.05) is 6.07 Å². The highest BCUT2D eigenvalue weighted by Gasteiger charge is 2.08. The van der Waals surface area contributed by atoms with Gasteiger partial charge in [0.1, 0.15) is 11.6 Å². The van der Waals surface area contributed by atoms with Crippen LogP contribution in [0.3, 0.4) is 0 Å². The van der Waals surface area contributed by atoms with E-state index >= 15 is 0 Å². The smallest absolute Gasteiger partial charge is 0.223 e. The lowest BCUT2D eigenvalue weighted by Gasteiger charge is -2.17. The summed E-state index contributed by atoms with van der Waals surface area (Å²) in [6, 6.07) is 2.04. The van der Waals surface area contributed by atoms with Crippen LogP contribution < -0.4 is 16.4 Å². The van der Waals surface area contributed by atoms with Crippen molar-refractivity contribution in [2.24, 2.45) is 0 Å². The Morgan fingerprint density at radius 2 is 2.06 bits per heavy atom. The third-order valence-corrected chi connectivity index (χ3v) is 2.62. The predicted octanol–water partition coefficient (Wildman–Crippen LogP) is 1.45. The summed E-state index contributed by atoms with van der Waals surface area (Å²) in [7, 11) is 0. The van der Waals surface area contributed by atoms with Crippen LogP contribution in [-0.2, 0) is 0 Å². The molecule has 5 N–H and O–H groups in total. The Morgan fingerprint density at radius 3 is 2.67 bits per heavy atom. The van der Waals surface area contributed by atoms with Crippen molar-refractivity contribution in [2.45, 2.75) is 39.2 Å². The number of anilines is 3. The van der Waals surface area contributed by atoms with E-state index in [1.165, 1.54) is 0 Å². The number of aliphatic hydroxyl groups is 1. The zero-order valence-electron chi connectivity index (χ0n) is 11.1. The number of nitrogens with zero attached hydrogens (tertiary/aromatic N) is 2. The van der Waals surface area contributed by atoms with Crippen LogP contribution in [0.2, 0.25) is 0 Å². The van der Waals surface area contributed by atoms with Crippen LogP contribution in [0.5, 0.6) is 0 Å². The second kappa shape index (κ2) is 7.71. The molecule has 6 heteroatoms. The SMILES string of the molecule is CCCNc1cc(NC(CC)CCO)nc(N)n1. The lowest BCUT2D eigenvalue weighted by Crippen LogP contribution is -2.21. The number of nitrogen functional groups attached to an aromatic ring is 1. The van der Waals surface area contributed by atoms with Gasteiger partial charge in [-0.2, -0.15) is 9.97 Å². The molecule has 1 atom stereocenters. The topological polar surface area (TPSA) is 96.1 Å². The molecular formula is C12H23N5O. The molecule has 0 amide bonds. The van der Waals surface area contributed by atoms with Crippen LogP contribution in [-0.4, -0.2) is 34.3 Å². The molecule has 6 nitrogen and oxygen atoms in total. The second-order valence-electron chi connectivity index (χ2n) is 4.19. The monoisotopic (exact) mass is 253 g/mol. The van der Waals surface area contributed by atoms with Gasteiger partial charge in [-0.1, -0.05) is 13.8 Å². The maximum absolute atomic E-state index is 8.96. The Kier molecular flexibility index (Phi) is 6.21. The normalized spacial score (nSPS) is 12.2. The molecule has 1 heterocycles. The molecule has 1 aromatic heterocycles. The van der Waals surface area contributed by atoms with Gasteiger partial charge in [0.2, 0.25) is 5.95 Å². The van der Waals surface area contributed by atoms with Crippen LogP contribution in [0.4, 0.5) is 17.6 Å². The zero-order chi connectivity index (χ0) is 13.4. The standard InChI is InChI=1S/C12H23N5O/c1-3-6-14-10-8-11(17-12(13)16-10)15-9(4-2)5-7-18/h8-9,18H,3-7H2,1-2H3,(H4,13,14,15,16,17). The number of nitrogens with two attached hydrogens (primary N) is 1. The average molecular weight is 253 g/mol. The molecule has 18 heavy (non-hydrogen) atoms. The van der Waals surface area contributed by atoms with E-state index in [4.69, 9.17) is 10.8 Å². The molecule has 0 spiro atoms. The molecule has 0 aromatic carbocycles. The van der Waals surface area contributed by atoms with Crippen LogP contribution >= 0.6 is 0 Å². The van der Waals surface area contributed by atoms with Gasteiger partial charge in [0, 0.05) is 25.3 Å². The van der Waals surface area contributed by atoms with E-state index in [-0.39, 0.29) is 18.6 Å². The van der Waals surface area contributed by atoms with E-state index < -0.39 is 0 Å². The van der Waals surface area contributed by atoms with Gasteiger partial charge in [-0.15, -0.1) is 0 Å². The average Bonchev–Trinajstić information content (AvgIpc) is 2.35. The van der Waals surface area contributed by atoms with Crippen LogP contribution in [0.25, 0.3) is 0 Å². The molecule has 1 rings (SSSR count). The first-order chi connectivity index (χ1) is 8.69. The van der Waals surface area contributed by atoms with Crippen LogP contribution in [0, 0.1) is 0 Å². The number of aromatic nitrogens is 2. The van der Waals surface area contributed by atoms with E-state index in [9.17, 15) is 0 Å². The third kappa shape index (κ3) is 4.75. The Balaban J connectivity index is 2.71. The number of hydrogen-bond donors (Lipinski definition) is 4. The Bertz CT molecular complexity index is 358. The predicted molar refractivity (Wildman–Crippen MR) is 74.6 cm³/mol. The first kappa shape index (κ1) is 14.5. The quantitative estimate of drug-likeness (QED) is 0.560. The molecule has 0 saturated heterocycles. The summed E-state index contributed by atoms with van der Waals surface area (Å²) in [5.74, 6) is 1.67. The van der Waals surface area contributed by atoms with Crippen molar-refractivity contribution in [1.29, 1.82) is 0 Å². The molecule has 0 radical (unpaired) electrons.